The number of aromatic nitrogens is 4. The molecule has 0 aliphatic carbocycles. The number of rotatable bonds is 1. The maximum atomic E-state index is 12.1. The van der Waals surface area contributed by atoms with Crippen LogP contribution < -0.4 is 5.56 Å². The quantitative estimate of drug-likeness (QED) is 0.703. The van der Waals surface area contributed by atoms with Crippen molar-refractivity contribution in [3.63, 3.8) is 0 Å². The van der Waals surface area contributed by atoms with Gasteiger partial charge in [-0.05, 0) is 6.92 Å². The number of nitrogens with zero attached hydrogens (tertiary/aromatic N) is 3. The van der Waals surface area contributed by atoms with Crippen molar-refractivity contribution in [2.75, 3.05) is 0 Å². The molecule has 2 aromatic heterocycles. The Hall–Kier alpha value is -2.43. The maximum absolute atomic E-state index is 12.1. The van der Waals surface area contributed by atoms with Gasteiger partial charge in [-0.1, -0.05) is 30.3 Å². The van der Waals surface area contributed by atoms with Crippen LogP contribution in [0.1, 0.15) is 5.69 Å². The van der Waals surface area contributed by atoms with Crippen molar-refractivity contribution in [2.24, 2.45) is 7.05 Å². The lowest BCUT2D eigenvalue weighted by Gasteiger charge is -2.01. The highest BCUT2D eigenvalue weighted by molar-refractivity contribution is 5.78. The average molecular weight is 240 g/mol. The van der Waals surface area contributed by atoms with Gasteiger partial charge in [-0.25, -0.2) is 9.67 Å². The molecule has 5 nitrogen and oxygen atoms in total. The summed E-state index contributed by atoms with van der Waals surface area (Å²) < 4.78 is 1.63. The van der Waals surface area contributed by atoms with Crippen LogP contribution in [0.3, 0.4) is 0 Å². The van der Waals surface area contributed by atoms with E-state index in [1.165, 1.54) is 0 Å². The number of aromatic amines is 1. The van der Waals surface area contributed by atoms with Crippen LogP contribution in [-0.2, 0) is 7.05 Å². The number of nitrogens with one attached hydrogen (secondary N) is 1. The van der Waals surface area contributed by atoms with Crippen molar-refractivity contribution in [3.8, 4) is 11.4 Å². The molecule has 0 aliphatic heterocycles. The fourth-order valence-electron chi connectivity index (χ4n) is 2.08. The van der Waals surface area contributed by atoms with Gasteiger partial charge < -0.3 is 4.98 Å². The van der Waals surface area contributed by atoms with Crippen LogP contribution in [0.2, 0.25) is 0 Å². The third-order valence-electron chi connectivity index (χ3n) is 2.92. The average Bonchev–Trinajstić information content (AvgIpc) is 2.66. The lowest BCUT2D eigenvalue weighted by atomic mass is 10.2. The molecule has 3 aromatic rings. The predicted octanol–water partition coefficient (Wildman–Crippen LogP) is 1.63. The van der Waals surface area contributed by atoms with Crippen molar-refractivity contribution < 1.29 is 0 Å². The molecule has 90 valence electrons. The molecule has 0 amide bonds. The molecule has 2 heterocycles. The molecule has 1 aromatic carbocycles. The highest BCUT2D eigenvalue weighted by Crippen LogP contribution is 2.16. The summed E-state index contributed by atoms with van der Waals surface area (Å²) in [5.74, 6) is 0.566. The summed E-state index contributed by atoms with van der Waals surface area (Å²) in [6, 6.07) is 9.57. The van der Waals surface area contributed by atoms with E-state index < -0.39 is 0 Å². The first-order valence-electron chi connectivity index (χ1n) is 5.66. The summed E-state index contributed by atoms with van der Waals surface area (Å²) >= 11 is 0. The minimum absolute atomic E-state index is 0.149. The Morgan fingerprint density at radius 1 is 1.22 bits per heavy atom. The lowest BCUT2D eigenvalue weighted by molar-refractivity contribution is 0.773. The Labute approximate surface area is 103 Å². The van der Waals surface area contributed by atoms with Gasteiger partial charge in [-0.3, -0.25) is 4.79 Å². The van der Waals surface area contributed by atoms with Crippen LogP contribution in [0.5, 0.6) is 0 Å². The lowest BCUT2D eigenvalue weighted by Crippen LogP contribution is -2.10. The van der Waals surface area contributed by atoms with Crippen LogP contribution >= 0.6 is 0 Å². The third kappa shape index (κ3) is 1.52. The summed E-state index contributed by atoms with van der Waals surface area (Å²) in [6.45, 7) is 1.81. The Morgan fingerprint density at radius 3 is 2.67 bits per heavy atom. The first-order valence-corrected chi connectivity index (χ1v) is 5.66. The van der Waals surface area contributed by atoms with Crippen molar-refractivity contribution >= 4 is 11.0 Å². The number of hydrogen-bond acceptors (Lipinski definition) is 3. The fraction of sp³-hybridized carbons (Fsp3) is 0.154. The molecule has 0 spiro atoms. The molecule has 0 aliphatic rings. The van der Waals surface area contributed by atoms with E-state index in [4.69, 9.17) is 0 Å². The van der Waals surface area contributed by atoms with E-state index in [1.807, 2.05) is 30.3 Å². The van der Waals surface area contributed by atoms with E-state index in [9.17, 15) is 4.79 Å². The molecule has 5 heteroatoms. The molecule has 0 bridgehead atoms. The largest absolute Gasteiger partial charge is 0.306 e. The van der Waals surface area contributed by atoms with Crippen LogP contribution in [0.25, 0.3) is 22.4 Å². The smallest absolute Gasteiger partial charge is 0.262 e. The molecule has 1 N–H and O–H groups in total. The number of benzene rings is 1. The van der Waals surface area contributed by atoms with Crippen molar-refractivity contribution in [3.05, 3.63) is 46.4 Å². The summed E-state index contributed by atoms with van der Waals surface area (Å²) in [6.07, 6.45) is 0. The van der Waals surface area contributed by atoms with Crippen molar-refractivity contribution in [1.82, 2.24) is 19.7 Å². The Kier molecular flexibility index (Phi) is 2.26. The van der Waals surface area contributed by atoms with E-state index in [2.05, 4.69) is 15.1 Å². The van der Waals surface area contributed by atoms with E-state index >= 15 is 0 Å². The van der Waals surface area contributed by atoms with Crippen LogP contribution in [0.15, 0.2) is 35.1 Å². The van der Waals surface area contributed by atoms with Crippen LogP contribution in [0, 0.1) is 6.92 Å². The number of hydrogen-bond donors (Lipinski definition) is 1. The molecule has 0 atom stereocenters. The predicted molar refractivity (Wildman–Crippen MR) is 69.3 cm³/mol. The number of H-pyrrole nitrogens is 1. The topological polar surface area (TPSA) is 63.6 Å². The zero-order valence-corrected chi connectivity index (χ0v) is 10.1. The molecular weight excluding hydrogens is 228 g/mol. The van der Waals surface area contributed by atoms with Gasteiger partial charge in [0, 0.05) is 12.6 Å². The summed E-state index contributed by atoms with van der Waals surface area (Å²) in [5, 5.41) is 4.77. The highest BCUT2D eigenvalue weighted by atomic mass is 16.1. The van der Waals surface area contributed by atoms with Crippen molar-refractivity contribution in [2.45, 2.75) is 6.92 Å². The summed E-state index contributed by atoms with van der Waals surface area (Å²) in [5.41, 5.74) is 2.04. The molecule has 0 saturated heterocycles. The minimum Gasteiger partial charge on any atom is -0.306 e. The first kappa shape index (κ1) is 10.7. The van der Waals surface area contributed by atoms with E-state index in [0.29, 0.717) is 22.6 Å². The zero-order chi connectivity index (χ0) is 12.7. The number of aryl methyl sites for hydroxylation is 2. The Morgan fingerprint density at radius 2 is 1.94 bits per heavy atom. The molecule has 18 heavy (non-hydrogen) atoms. The maximum Gasteiger partial charge on any atom is 0.262 e. The molecule has 3 rings (SSSR count). The third-order valence-corrected chi connectivity index (χ3v) is 2.92. The molecular formula is C13H12N4O. The van der Waals surface area contributed by atoms with Gasteiger partial charge in [0.05, 0.1) is 5.69 Å². The fourth-order valence-corrected chi connectivity index (χ4v) is 2.08. The number of fused-ring (bicyclic) bond motifs is 1. The zero-order valence-electron chi connectivity index (χ0n) is 10.1. The minimum atomic E-state index is -0.149. The summed E-state index contributed by atoms with van der Waals surface area (Å²) in [4.78, 5) is 19.3. The second-order valence-electron chi connectivity index (χ2n) is 4.19. The molecule has 0 fully saturated rings. The van der Waals surface area contributed by atoms with Crippen molar-refractivity contribution in [1.29, 1.82) is 0 Å². The standard InChI is InChI=1S/C13H12N4O/c1-8-10-12(17(2)16-8)14-11(15-13(10)18)9-6-4-3-5-7-9/h3-7H,1-2H3,(H,14,15,18). The van der Waals surface area contributed by atoms with Gasteiger partial charge in [0.15, 0.2) is 5.65 Å². The van der Waals surface area contributed by atoms with Crippen LogP contribution in [0.4, 0.5) is 0 Å². The first-order chi connectivity index (χ1) is 8.66. The Bertz CT molecular complexity index is 771. The Balaban J connectivity index is 2.35. The second kappa shape index (κ2) is 3.80. The van der Waals surface area contributed by atoms with Crippen LogP contribution in [-0.4, -0.2) is 19.7 Å². The molecule has 0 saturated carbocycles. The second-order valence-corrected chi connectivity index (χ2v) is 4.19. The molecule has 0 unspecified atom stereocenters. The van der Waals surface area contributed by atoms with Gasteiger partial charge in [-0.2, -0.15) is 5.10 Å². The summed E-state index contributed by atoms with van der Waals surface area (Å²) in [7, 11) is 1.79. The van der Waals surface area contributed by atoms with Gasteiger partial charge in [-0.15, -0.1) is 0 Å². The molecule has 0 radical (unpaired) electrons. The van der Waals surface area contributed by atoms with Gasteiger partial charge >= 0.3 is 0 Å². The van der Waals surface area contributed by atoms with Gasteiger partial charge in [0.1, 0.15) is 11.2 Å². The monoisotopic (exact) mass is 240 g/mol. The SMILES string of the molecule is Cc1nn(C)c2nc(-c3ccccc3)[nH]c(=O)c12. The van der Waals surface area contributed by atoms with Gasteiger partial charge in [0.25, 0.3) is 5.56 Å². The van der Waals surface area contributed by atoms with E-state index in [0.717, 1.165) is 5.56 Å². The van der Waals surface area contributed by atoms with Gasteiger partial charge in [0.2, 0.25) is 0 Å². The normalized spacial score (nSPS) is 11.0. The van der Waals surface area contributed by atoms with E-state index in [-0.39, 0.29) is 5.56 Å². The van der Waals surface area contributed by atoms with E-state index in [1.54, 1.807) is 18.7 Å². The highest BCUT2D eigenvalue weighted by Gasteiger charge is 2.12.